The lowest BCUT2D eigenvalue weighted by atomic mass is 10.0. The van der Waals surface area contributed by atoms with Crippen LogP contribution in [0.2, 0.25) is 0 Å². The molecule has 76 heavy (non-hydrogen) atoms. The highest BCUT2D eigenvalue weighted by Gasteiger charge is 2.05. The molecule has 0 saturated carbocycles. The van der Waals surface area contributed by atoms with Gasteiger partial charge in [-0.1, -0.05) is 347 Å². The van der Waals surface area contributed by atoms with Gasteiger partial charge in [-0.25, -0.2) is 0 Å². The van der Waals surface area contributed by atoms with Crippen LogP contribution in [0.5, 0.6) is 0 Å². The number of hydrogen-bond acceptors (Lipinski definition) is 4. The maximum atomic E-state index is 11.9. The first-order chi connectivity index (χ1) is 37.6. The molecule has 4 nitrogen and oxygen atoms in total. The maximum Gasteiger partial charge on any atom is 0.305 e. The Bertz CT molecular complexity index is 1030. The zero-order valence-corrected chi connectivity index (χ0v) is 52.8. The molecule has 0 bridgehead atoms. The quantitative estimate of drug-likeness (QED) is 0.0346. The van der Waals surface area contributed by atoms with Crippen LogP contribution in [-0.2, 0) is 19.1 Å². The molecule has 0 spiro atoms. The molecular weight excluding hydrogens is 929 g/mol. The predicted molar refractivity (Wildman–Crippen MR) is 340 cm³/mol. The second-order valence-corrected chi connectivity index (χ2v) is 23.7. The Hall–Kier alpha value is -1.58. The summed E-state index contributed by atoms with van der Waals surface area (Å²) >= 11 is 0. The number of ether oxygens (including phenoxy) is 2. The minimum absolute atomic E-state index is 0.0172. The number of esters is 2. The Kier molecular flexibility index (Phi) is 73.9. The van der Waals surface area contributed by atoms with E-state index in [0.29, 0.717) is 26.1 Å². The highest BCUT2D eigenvalue weighted by molar-refractivity contribution is 5.69. The molecule has 0 saturated heterocycles. The Morgan fingerprint density at radius 2 is 0.368 bits per heavy atom. The number of allylic oxidation sites excluding steroid dienone is 4. The third-order valence-electron chi connectivity index (χ3n) is 15.8. The summed E-state index contributed by atoms with van der Waals surface area (Å²) in [5, 5.41) is 0. The molecule has 0 atom stereocenters. The van der Waals surface area contributed by atoms with Gasteiger partial charge in [0.1, 0.15) is 0 Å². The number of hydrogen-bond donors (Lipinski definition) is 0. The van der Waals surface area contributed by atoms with E-state index in [4.69, 9.17) is 9.47 Å². The fourth-order valence-corrected chi connectivity index (χ4v) is 10.5. The molecule has 0 aliphatic carbocycles. The van der Waals surface area contributed by atoms with Crippen LogP contribution in [0.1, 0.15) is 413 Å². The van der Waals surface area contributed by atoms with Crippen LogP contribution in [0, 0.1) is 0 Å². The minimum atomic E-state index is 0.0172. The van der Waals surface area contributed by atoms with Gasteiger partial charge in [0.15, 0.2) is 0 Å². The highest BCUT2D eigenvalue weighted by Crippen LogP contribution is 2.17. The summed E-state index contributed by atoms with van der Waals surface area (Å²) in [6.45, 7) is 10.4. The second-order valence-electron chi connectivity index (χ2n) is 23.7. The molecule has 0 aliphatic heterocycles. The fourth-order valence-electron chi connectivity index (χ4n) is 10.5. The molecule has 4 heteroatoms. The van der Waals surface area contributed by atoms with Crippen LogP contribution in [0.15, 0.2) is 24.3 Å². The van der Waals surface area contributed by atoms with Crippen molar-refractivity contribution in [1.82, 2.24) is 0 Å². The van der Waals surface area contributed by atoms with Crippen molar-refractivity contribution in [3.05, 3.63) is 24.3 Å². The van der Waals surface area contributed by atoms with Crippen LogP contribution >= 0.6 is 0 Å². The van der Waals surface area contributed by atoms with Crippen molar-refractivity contribution < 1.29 is 19.1 Å². The van der Waals surface area contributed by atoms with Gasteiger partial charge in [0.05, 0.1) is 13.2 Å². The van der Waals surface area contributed by atoms with Gasteiger partial charge in [0, 0.05) is 12.8 Å². The molecule has 0 unspecified atom stereocenters. The SMILES string of the molecule is CCCCCCCC/C=C\CCCCCCCC(=O)OCCCCCCCCCCCCCCCCCC.CCCCCCCC/C=C\CCCCCCCC(=O)OCCCCCCCCCCCCCCCCCC. The van der Waals surface area contributed by atoms with Gasteiger partial charge in [-0.2, -0.15) is 0 Å². The Morgan fingerprint density at radius 1 is 0.211 bits per heavy atom. The summed E-state index contributed by atoms with van der Waals surface area (Å²) in [4.78, 5) is 23.8. The fraction of sp³-hybridized carbons (Fsp3) is 0.917. The van der Waals surface area contributed by atoms with Gasteiger partial charge in [-0.3, -0.25) is 9.59 Å². The molecular formula is C72H140O4. The van der Waals surface area contributed by atoms with Crippen molar-refractivity contribution in [2.24, 2.45) is 0 Å². The summed E-state index contributed by atoms with van der Waals surface area (Å²) in [5.74, 6) is 0.0344. The van der Waals surface area contributed by atoms with E-state index in [1.165, 1.54) is 334 Å². The molecule has 0 amide bonds. The van der Waals surface area contributed by atoms with E-state index in [-0.39, 0.29) is 11.9 Å². The smallest absolute Gasteiger partial charge is 0.305 e. The van der Waals surface area contributed by atoms with Crippen molar-refractivity contribution >= 4 is 11.9 Å². The predicted octanol–water partition coefficient (Wildman–Crippen LogP) is 25.7. The number of rotatable bonds is 64. The third-order valence-corrected chi connectivity index (χ3v) is 15.8. The highest BCUT2D eigenvalue weighted by atomic mass is 16.5. The maximum absolute atomic E-state index is 11.9. The number of carbonyl (C=O) groups is 2. The summed E-state index contributed by atoms with van der Waals surface area (Å²) < 4.78 is 10.9. The zero-order valence-electron chi connectivity index (χ0n) is 52.8. The first kappa shape index (κ1) is 76.5. The van der Waals surface area contributed by atoms with E-state index in [1.807, 2.05) is 0 Å². The van der Waals surface area contributed by atoms with Crippen LogP contribution in [0.4, 0.5) is 0 Å². The monoisotopic (exact) mass is 1070 g/mol. The van der Waals surface area contributed by atoms with Crippen molar-refractivity contribution in [2.45, 2.75) is 413 Å². The zero-order chi connectivity index (χ0) is 55.2. The van der Waals surface area contributed by atoms with E-state index in [0.717, 1.165) is 38.5 Å². The van der Waals surface area contributed by atoms with E-state index in [9.17, 15) is 9.59 Å². The van der Waals surface area contributed by atoms with E-state index >= 15 is 0 Å². The molecule has 0 aromatic carbocycles. The van der Waals surface area contributed by atoms with Crippen LogP contribution in [0.25, 0.3) is 0 Å². The number of unbranched alkanes of at least 4 members (excludes halogenated alkanes) is 52. The molecule has 0 heterocycles. The van der Waals surface area contributed by atoms with Gasteiger partial charge in [0.25, 0.3) is 0 Å². The standard InChI is InChI=1S/2C36H70O2/c2*1-3-5-7-9-11-13-15-17-19-21-23-25-27-29-31-33-35-38-36(37)34-32-30-28-26-24-22-20-18-16-14-12-10-8-6-4-2/h2*18,20H,3-17,19,21-35H2,1-2H3/b2*20-18-. The van der Waals surface area contributed by atoms with Crippen LogP contribution in [0.3, 0.4) is 0 Å². The van der Waals surface area contributed by atoms with Crippen LogP contribution < -0.4 is 0 Å². The lowest BCUT2D eigenvalue weighted by Crippen LogP contribution is -2.05. The van der Waals surface area contributed by atoms with Gasteiger partial charge in [-0.05, 0) is 77.0 Å². The van der Waals surface area contributed by atoms with Crippen molar-refractivity contribution in [2.75, 3.05) is 13.2 Å². The van der Waals surface area contributed by atoms with E-state index in [2.05, 4.69) is 52.0 Å². The molecule has 0 rings (SSSR count). The Balaban J connectivity index is 0. The largest absolute Gasteiger partial charge is 0.466 e. The normalized spacial score (nSPS) is 11.5. The lowest BCUT2D eigenvalue weighted by molar-refractivity contribution is -0.144. The van der Waals surface area contributed by atoms with Crippen molar-refractivity contribution in [3.8, 4) is 0 Å². The molecule has 452 valence electrons. The van der Waals surface area contributed by atoms with E-state index in [1.54, 1.807) is 0 Å². The topological polar surface area (TPSA) is 52.6 Å². The summed E-state index contributed by atoms with van der Waals surface area (Å²) in [7, 11) is 0. The van der Waals surface area contributed by atoms with Gasteiger partial charge in [-0.15, -0.1) is 0 Å². The Morgan fingerprint density at radius 3 is 0.566 bits per heavy atom. The summed E-state index contributed by atoms with van der Waals surface area (Å²) in [5.41, 5.74) is 0. The first-order valence-electron chi connectivity index (χ1n) is 35.2. The lowest BCUT2D eigenvalue weighted by Gasteiger charge is -2.05. The van der Waals surface area contributed by atoms with Gasteiger partial charge >= 0.3 is 11.9 Å². The molecule has 0 aliphatic rings. The average Bonchev–Trinajstić information content (AvgIpc) is 3.42. The van der Waals surface area contributed by atoms with Crippen molar-refractivity contribution in [1.29, 1.82) is 0 Å². The average molecular weight is 1070 g/mol. The summed E-state index contributed by atoms with van der Waals surface area (Å²) in [6.07, 6.45) is 88.2. The minimum Gasteiger partial charge on any atom is -0.466 e. The molecule has 0 radical (unpaired) electrons. The molecule has 0 aromatic heterocycles. The van der Waals surface area contributed by atoms with Gasteiger partial charge in [0.2, 0.25) is 0 Å². The van der Waals surface area contributed by atoms with Crippen LogP contribution in [-0.4, -0.2) is 25.2 Å². The second kappa shape index (κ2) is 73.4. The van der Waals surface area contributed by atoms with Gasteiger partial charge < -0.3 is 9.47 Å². The molecule has 0 N–H and O–H groups in total. The third kappa shape index (κ3) is 74.5. The number of carbonyl (C=O) groups excluding carboxylic acids is 2. The summed E-state index contributed by atoms with van der Waals surface area (Å²) in [6, 6.07) is 0. The van der Waals surface area contributed by atoms with Crippen molar-refractivity contribution in [3.63, 3.8) is 0 Å². The molecule has 0 fully saturated rings. The van der Waals surface area contributed by atoms with E-state index < -0.39 is 0 Å². The Labute approximate surface area is 479 Å². The first-order valence-corrected chi connectivity index (χ1v) is 35.2. The molecule has 0 aromatic rings.